The third-order valence-corrected chi connectivity index (χ3v) is 18.2. The molecule has 4 heterocycles. The SMILES string of the molecule is COc1ccc(C(C)N2CCN(C3CC4(CCN(c5ccc(C(=O)NS(=O)(=O)c6ccc(NCC7CCC(C)(O)CC7)c([N+](=O)[O-])c6)c(Oc6cnc7[nH]ccc7c6)c5)CC4)C3)C(c3ccccc3C(C)C)C2)cc1. The van der Waals surface area contributed by atoms with Crippen molar-refractivity contribution in [2.45, 2.75) is 114 Å². The lowest BCUT2D eigenvalue weighted by atomic mass is 9.59. The van der Waals surface area contributed by atoms with E-state index in [1.165, 1.54) is 28.8 Å². The maximum absolute atomic E-state index is 14.1. The number of nitrogens with zero attached hydrogens (tertiary/aromatic N) is 5. The van der Waals surface area contributed by atoms with Crippen LogP contribution in [0.2, 0.25) is 0 Å². The summed E-state index contributed by atoms with van der Waals surface area (Å²) in [6.07, 6.45) is 10.4. The number of hydrogen-bond donors (Lipinski definition) is 4. The number of benzene rings is 4. The number of nitrogens with one attached hydrogen (secondary N) is 3. The molecular formula is C58H70N8O8S. The van der Waals surface area contributed by atoms with Crippen molar-refractivity contribution in [3.63, 3.8) is 0 Å². The quantitative estimate of drug-likeness (QED) is 0.0529. The Labute approximate surface area is 440 Å². The molecule has 75 heavy (non-hydrogen) atoms. The Morgan fingerprint density at radius 3 is 2.39 bits per heavy atom. The van der Waals surface area contributed by atoms with E-state index < -0.39 is 37.0 Å². The minimum Gasteiger partial charge on any atom is -0.497 e. The van der Waals surface area contributed by atoms with Crippen LogP contribution in [-0.4, -0.2) is 102 Å². The molecule has 4 fully saturated rings. The summed E-state index contributed by atoms with van der Waals surface area (Å²) >= 11 is 0. The molecule has 2 aliphatic heterocycles. The number of amides is 1. The number of pyridine rings is 1. The van der Waals surface area contributed by atoms with Gasteiger partial charge in [0.1, 0.15) is 28.6 Å². The number of piperidine rings is 1. The maximum atomic E-state index is 14.1. The van der Waals surface area contributed by atoms with Crippen LogP contribution in [0.25, 0.3) is 11.0 Å². The summed E-state index contributed by atoms with van der Waals surface area (Å²) in [5.41, 5.74) is 4.86. The minimum atomic E-state index is -4.59. The number of aliphatic hydroxyl groups is 1. The fourth-order valence-electron chi connectivity index (χ4n) is 12.2. The van der Waals surface area contributed by atoms with E-state index in [0.29, 0.717) is 42.7 Å². The van der Waals surface area contributed by atoms with Crippen molar-refractivity contribution in [3.8, 4) is 17.2 Å². The zero-order chi connectivity index (χ0) is 52.6. The topological polar surface area (TPSA) is 195 Å². The second-order valence-corrected chi connectivity index (χ2v) is 23.8. The van der Waals surface area contributed by atoms with Gasteiger partial charge in [0.2, 0.25) is 0 Å². The minimum absolute atomic E-state index is 0.0295. The molecule has 2 saturated carbocycles. The van der Waals surface area contributed by atoms with Crippen LogP contribution in [-0.2, 0) is 10.0 Å². The summed E-state index contributed by atoms with van der Waals surface area (Å²) < 4.78 is 41.8. The molecule has 2 atom stereocenters. The van der Waals surface area contributed by atoms with E-state index in [0.717, 1.165) is 94.1 Å². The Kier molecular flexibility index (Phi) is 14.7. The van der Waals surface area contributed by atoms with Crippen molar-refractivity contribution in [3.05, 3.63) is 142 Å². The molecule has 4 N–H and O–H groups in total. The molecule has 2 saturated heterocycles. The average molecular weight is 1040 g/mol. The molecular weight excluding hydrogens is 969 g/mol. The second-order valence-electron chi connectivity index (χ2n) is 22.1. The third-order valence-electron chi connectivity index (χ3n) is 16.9. The monoisotopic (exact) mass is 1040 g/mol. The molecule has 1 spiro atoms. The Balaban J connectivity index is 0.834. The molecule has 0 bridgehead atoms. The van der Waals surface area contributed by atoms with Crippen molar-refractivity contribution >= 4 is 44.0 Å². The van der Waals surface area contributed by atoms with Crippen LogP contribution in [0.4, 0.5) is 17.1 Å². The van der Waals surface area contributed by atoms with Gasteiger partial charge >= 0.3 is 0 Å². The van der Waals surface area contributed by atoms with Crippen LogP contribution in [0.15, 0.2) is 114 Å². The molecule has 1 amide bonds. The first-order chi connectivity index (χ1) is 36.0. The van der Waals surface area contributed by atoms with E-state index in [1.807, 2.05) is 19.1 Å². The van der Waals surface area contributed by atoms with E-state index in [4.69, 9.17) is 9.47 Å². The fourth-order valence-corrected chi connectivity index (χ4v) is 13.2. The number of methoxy groups -OCH3 is 1. The van der Waals surface area contributed by atoms with E-state index in [-0.39, 0.29) is 40.4 Å². The van der Waals surface area contributed by atoms with Crippen LogP contribution in [0.1, 0.15) is 124 Å². The number of aromatic nitrogens is 2. The first kappa shape index (κ1) is 51.9. The highest BCUT2D eigenvalue weighted by molar-refractivity contribution is 7.90. The number of hydrogen-bond acceptors (Lipinski definition) is 13. The number of piperazine rings is 1. The number of sulfonamides is 1. The highest BCUT2D eigenvalue weighted by atomic mass is 32.2. The first-order valence-corrected chi connectivity index (χ1v) is 28.0. The summed E-state index contributed by atoms with van der Waals surface area (Å²) in [6.45, 7) is 13.7. The van der Waals surface area contributed by atoms with Gasteiger partial charge in [-0.15, -0.1) is 0 Å². The second kappa shape index (κ2) is 21.2. The first-order valence-electron chi connectivity index (χ1n) is 26.5. The van der Waals surface area contributed by atoms with E-state index in [2.05, 4.69) is 104 Å². The Hall–Kier alpha value is -6.53. The van der Waals surface area contributed by atoms with Crippen molar-refractivity contribution < 1.29 is 32.7 Å². The van der Waals surface area contributed by atoms with Crippen molar-refractivity contribution in [1.29, 1.82) is 0 Å². The summed E-state index contributed by atoms with van der Waals surface area (Å²) in [4.78, 5) is 40.6. The van der Waals surface area contributed by atoms with E-state index in [9.17, 15) is 28.4 Å². The van der Waals surface area contributed by atoms with Crippen molar-refractivity contribution in [2.24, 2.45) is 11.3 Å². The Morgan fingerprint density at radius 1 is 0.920 bits per heavy atom. The van der Waals surface area contributed by atoms with Gasteiger partial charge in [-0.3, -0.25) is 24.7 Å². The fraction of sp³-hybridized carbons (Fsp3) is 0.448. The van der Waals surface area contributed by atoms with Crippen LogP contribution >= 0.6 is 0 Å². The van der Waals surface area contributed by atoms with Gasteiger partial charge in [0.25, 0.3) is 21.6 Å². The molecule has 10 rings (SSSR count). The molecule has 4 aliphatic rings. The van der Waals surface area contributed by atoms with Crippen molar-refractivity contribution in [1.82, 2.24) is 24.5 Å². The highest BCUT2D eigenvalue weighted by Gasteiger charge is 2.50. The molecule has 17 heteroatoms. The lowest BCUT2D eigenvalue weighted by Crippen LogP contribution is -2.60. The number of aromatic amines is 1. The van der Waals surface area contributed by atoms with E-state index in [1.54, 1.807) is 37.7 Å². The summed E-state index contributed by atoms with van der Waals surface area (Å²) in [5.74, 6) is 1.02. The highest BCUT2D eigenvalue weighted by Crippen LogP contribution is 2.54. The standard InChI is InChI=1S/C58H70N8O8S/c1-38(2)48-8-6-7-9-49(48)53-37-64(39(3)41-10-13-45(73-5)14-11-41)28-29-65(53)44-33-58(34-44)23-26-63(27-24-58)43-12-16-50(54(31-43)74-46-30-42-20-25-59-55(42)61-36-46)56(67)62-75(71,72)47-15-17-51(52(32-47)66(69)70)60-35-40-18-21-57(4,68)22-19-40/h6-17,20,25,30-32,36,38-40,44,53,60,68H,18-19,21-24,26-29,33-35,37H2,1-5H3,(H,59,61)(H,62,67). The number of anilines is 2. The van der Waals surface area contributed by atoms with E-state index >= 15 is 0 Å². The predicted molar refractivity (Wildman–Crippen MR) is 291 cm³/mol. The molecule has 6 aromatic rings. The normalized spacial score (nSPS) is 21.9. The number of carbonyl (C=O) groups excluding carboxylic acids is 1. The number of fused-ring (bicyclic) bond motifs is 1. The maximum Gasteiger partial charge on any atom is 0.293 e. The zero-order valence-corrected chi connectivity index (χ0v) is 44.4. The molecule has 2 aromatic heterocycles. The molecule has 2 aliphatic carbocycles. The predicted octanol–water partition coefficient (Wildman–Crippen LogP) is 10.7. The number of nitro benzene ring substituents is 1. The number of rotatable bonds is 16. The van der Waals surface area contributed by atoms with Crippen LogP contribution in [0.5, 0.6) is 17.2 Å². The molecule has 16 nitrogen and oxygen atoms in total. The average Bonchev–Trinajstić information content (AvgIpc) is 3.88. The van der Waals surface area contributed by atoms with Gasteiger partial charge in [-0.25, -0.2) is 18.1 Å². The van der Waals surface area contributed by atoms with Gasteiger partial charge in [0.05, 0.1) is 34.3 Å². The Morgan fingerprint density at radius 2 is 1.67 bits per heavy atom. The smallest absolute Gasteiger partial charge is 0.293 e. The summed E-state index contributed by atoms with van der Waals surface area (Å²) in [7, 11) is -2.89. The molecule has 4 aromatic carbocycles. The summed E-state index contributed by atoms with van der Waals surface area (Å²) in [5, 5.41) is 26.5. The van der Waals surface area contributed by atoms with Gasteiger partial charge in [-0.2, -0.15) is 0 Å². The largest absolute Gasteiger partial charge is 0.497 e. The third kappa shape index (κ3) is 11.2. The van der Waals surface area contributed by atoms with Gasteiger partial charge in [0.15, 0.2) is 0 Å². The number of H-pyrrole nitrogens is 1. The van der Waals surface area contributed by atoms with Gasteiger partial charge in [0, 0.05) is 86.8 Å². The summed E-state index contributed by atoms with van der Waals surface area (Å²) in [6, 6.07) is 30.9. The lowest BCUT2D eigenvalue weighted by molar-refractivity contribution is -0.384. The van der Waals surface area contributed by atoms with Crippen molar-refractivity contribution in [2.75, 3.05) is 56.6 Å². The zero-order valence-electron chi connectivity index (χ0n) is 43.6. The van der Waals surface area contributed by atoms with Crippen LogP contribution < -0.4 is 24.4 Å². The number of ether oxygens (including phenoxy) is 2. The van der Waals surface area contributed by atoms with Crippen LogP contribution in [0.3, 0.4) is 0 Å². The molecule has 2 unspecified atom stereocenters. The number of carbonyl (C=O) groups is 1. The van der Waals surface area contributed by atoms with Gasteiger partial charge < -0.3 is 29.8 Å². The van der Waals surface area contributed by atoms with Gasteiger partial charge in [-0.1, -0.05) is 50.2 Å². The van der Waals surface area contributed by atoms with Gasteiger partial charge in [-0.05, 0) is 148 Å². The lowest BCUT2D eigenvalue weighted by Gasteiger charge is -2.58. The van der Waals surface area contributed by atoms with Crippen LogP contribution in [0, 0.1) is 21.4 Å². The molecule has 0 radical (unpaired) electrons. The Bertz CT molecular complexity index is 3140. The molecule has 396 valence electrons. The number of nitro groups is 1.